The van der Waals surface area contributed by atoms with E-state index in [9.17, 15) is 4.79 Å². The third-order valence-corrected chi connectivity index (χ3v) is 2.95. The number of hydrogen-bond donors (Lipinski definition) is 3. The largest absolute Gasteiger partial charge is 0.479 e. The quantitative estimate of drug-likeness (QED) is 0.740. The first-order chi connectivity index (χ1) is 9.10. The van der Waals surface area contributed by atoms with Crippen molar-refractivity contribution in [2.45, 2.75) is 26.4 Å². The van der Waals surface area contributed by atoms with Gasteiger partial charge in [0.25, 0.3) is 5.91 Å². The number of rotatable bonds is 3. The van der Waals surface area contributed by atoms with Gasteiger partial charge in [-0.15, -0.1) is 0 Å². The minimum absolute atomic E-state index is 0.142. The minimum atomic E-state index is -0.460. The van der Waals surface area contributed by atoms with Gasteiger partial charge in [0.05, 0.1) is 5.69 Å². The summed E-state index contributed by atoms with van der Waals surface area (Å²) >= 11 is 5.16. The summed E-state index contributed by atoms with van der Waals surface area (Å²) in [5, 5.41) is 9.51. The molecule has 1 atom stereocenters. The van der Waals surface area contributed by atoms with Crippen molar-refractivity contribution in [2.24, 2.45) is 0 Å². The van der Waals surface area contributed by atoms with Gasteiger partial charge in [0.2, 0.25) is 0 Å². The van der Waals surface area contributed by atoms with Crippen molar-refractivity contribution in [3.8, 4) is 5.75 Å². The second-order valence-electron chi connectivity index (χ2n) is 4.34. The fraction of sp³-hybridized carbons (Fsp3) is 0.385. The number of anilines is 2. The van der Waals surface area contributed by atoms with Crippen molar-refractivity contribution in [3.63, 3.8) is 0 Å². The van der Waals surface area contributed by atoms with Gasteiger partial charge in [-0.2, -0.15) is 0 Å². The van der Waals surface area contributed by atoms with Crippen LogP contribution in [0.3, 0.4) is 0 Å². The van der Waals surface area contributed by atoms with Crippen LogP contribution in [0.1, 0.15) is 20.3 Å². The Balaban J connectivity index is 2.07. The second kappa shape index (κ2) is 5.88. The van der Waals surface area contributed by atoms with E-state index in [1.807, 2.05) is 12.1 Å². The van der Waals surface area contributed by atoms with E-state index < -0.39 is 6.10 Å². The number of carbonyl (C=O) groups excluding carboxylic acids is 1. The normalized spacial score (nSPS) is 16.9. The summed E-state index contributed by atoms with van der Waals surface area (Å²) in [5.41, 5.74) is 1.47. The van der Waals surface area contributed by atoms with Crippen LogP contribution in [0.2, 0.25) is 0 Å². The first kappa shape index (κ1) is 13.6. The molecular formula is C13H17N3O2S. The van der Waals surface area contributed by atoms with Gasteiger partial charge in [0.1, 0.15) is 5.75 Å². The number of nitrogens with one attached hydrogen (secondary N) is 3. The van der Waals surface area contributed by atoms with Crippen LogP contribution in [0, 0.1) is 0 Å². The summed E-state index contributed by atoms with van der Waals surface area (Å²) in [6.45, 7) is 4.62. The molecule has 102 valence electrons. The highest BCUT2D eigenvalue weighted by Gasteiger charge is 2.23. The molecule has 0 aromatic heterocycles. The predicted octanol–water partition coefficient (Wildman–Crippen LogP) is 2.10. The standard InChI is InChI=1S/C13H17N3O2S/c1-3-6-14-13(19)15-9-4-5-11-10(7-9)16-12(17)8(2)18-11/h4-5,7-8H,3,6H2,1-2H3,(H,16,17)(H2,14,15,19)/t8-/m1/s1. The van der Waals surface area contributed by atoms with E-state index in [-0.39, 0.29) is 5.91 Å². The van der Waals surface area contributed by atoms with Gasteiger partial charge >= 0.3 is 0 Å². The third-order valence-electron chi connectivity index (χ3n) is 2.70. The molecule has 0 unspecified atom stereocenters. The molecule has 0 spiro atoms. The summed E-state index contributed by atoms with van der Waals surface area (Å²) < 4.78 is 5.48. The average molecular weight is 279 g/mol. The lowest BCUT2D eigenvalue weighted by Gasteiger charge is -2.23. The van der Waals surface area contributed by atoms with Crippen molar-refractivity contribution in [1.82, 2.24) is 5.32 Å². The molecule has 1 aliphatic heterocycles. The van der Waals surface area contributed by atoms with E-state index >= 15 is 0 Å². The lowest BCUT2D eigenvalue weighted by Crippen LogP contribution is -2.34. The molecule has 3 N–H and O–H groups in total. The highest BCUT2D eigenvalue weighted by Crippen LogP contribution is 2.32. The Bertz CT molecular complexity index is 505. The maximum atomic E-state index is 11.5. The Kier molecular flexibility index (Phi) is 4.21. The summed E-state index contributed by atoms with van der Waals surface area (Å²) in [5.74, 6) is 0.529. The van der Waals surface area contributed by atoms with Crippen LogP contribution in [0.4, 0.5) is 11.4 Å². The van der Waals surface area contributed by atoms with Gasteiger partial charge in [-0.1, -0.05) is 6.92 Å². The molecule has 0 aliphatic carbocycles. The van der Waals surface area contributed by atoms with Gasteiger partial charge in [0.15, 0.2) is 11.2 Å². The van der Waals surface area contributed by atoms with E-state index in [0.717, 1.165) is 18.7 Å². The number of ether oxygens (including phenoxy) is 1. The van der Waals surface area contributed by atoms with Crippen LogP contribution >= 0.6 is 12.2 Å². The zero-order valence-electron chi connectivity index (χ0n) is 10.9. The van der Waals surface area contributed by atoms with Crippen molar-refractivity contribution in [1.29, 1.82) is 0 Å². The molecule has 2 rings (SSSR count). The maximum Gasteiger partial charge on any atom is 0.265 e. The Labute approximate surface area is 117 Å². The van der Waals surface area contributed by atoms with E-state index in [0.29, 0.717) is 16.5 Å². The third kappa shape index (κ3) is 3.35. The first-order valence-electron chi connectivity index (χ1n) is 6.26. The van der Waals surface area contributed by atoms with Crippen molar-refractivity contribution in [3.05, 3.63) is 18.2 Å². The van der Waals surface area contributed by atoms with Crippen LogP contribution in [0.15, 0.2) is 18.2 Å². The van der Waals surface area contributed by atoms with Gasteiger partial charge in [-0.05, 0) is 43.8 Å². The molecule has 19 heavy (non-hydrogen) atoms. The molecule has 0 bridgehead atoms. The molecule has 0 fully saturated rings. The smallest absolute Gasteiger partial charge is 0.265 e. The zero-order valence-corrected chi connectivity index (χ0v) is 11.8. The van der Waals surface area contributed by atoms with Crippen LogP contribution in [0.5, 0.6) is 5.75 Å². The van der Waals surface area contributed by atoms with E-state index in [4.69, 9.17) is 17.0 Å². The molecule has 1 aromatic carbocycles. The Morgan fingerprint density at radius 3 is 3.05 bits per heavy atom. The molecule has 1 heterocycles. The fourth-order valence-corrected chi connectivity index (χ4v) is 1.92. The molecule has 0 saturated carbocycles. The first-order valence-corrected chi connectivity index (χ1v) is 6.67. The summed E-state index contributed by atoms with van der Waals surface area (Å²) in [7, 11) is 0. The number of carbonyl (C=O) groups is 1. The SMILES string of the molecule is CCCNC(=S)Nc1ccc2c(c1)NC(=O)[C@@H](C)O2. The molecule has 6 heteroatoms. The molecule has 5 nitrogen and oxygen atoms in total. The van der Waals surface area contributed by atoms with Crippen molar-refractivity contribution in [2.75, 3.05) is 17.2 Å². The van der Waals surface area contributed by atoms with Gasteiger partial charge < -0.3 is 20.7 Å². The second-order valence-corrected chi connectivity index (χ2v) is 4.75. The number of benzene rings is 1. The topological polar surface area (TPSA) is 62.4 Å². The minimum Gasteiger partial charge on any atom is -0.479 e. The summed E-state index contributed by atoms with van der Waals surface area (Å²) in [6.07, 6.45) is 0.548. The molecule has 1 aliphatic rings. The highest BCUT2D eigenvalue weighted by atomic mass is 32.1. The average Bonchev–Trinajstić information content (AvgIpc) is 2.38. The van der Waals surface area contributed by atoms with Gasteiger partial charge in [-0.3, -0.25) is 4.79 Å². The summed E-state index contributed by atoms with van der Waals surface area (Å²) in [4.78, 5) is 11.5. The van der Waals surface area contributed by atoms with Crippen LogP contribution in [-0.4, -0.2) is 23.7 Å². The lowest BCUT2D eigenvalue weighted by atomic mass is 10.2. The number of fused-ring (bicyclic) bond motifs is 1. The lowest BCUT2D eigenvalue weighted by molar-refractivity contribution is -0.122. The fourth-order valence-electron chi connectivity index (χ4n) is 1.70. The number of amides is 1. The van der Waals surface area contributed by atoms with Gasteiger partial charge in [-0.25, -0.2) is 0 Å². The van der Waals surface area contributed by atoms with Crippen molar-refractivity contribution < 1.29 is 9.53 Å². The van der Waals surface area contributed by atoms with Gasteiger partial charge in [0, 0.05) is 12.2 Å². The number of thiocarbonyl (C=S) groups is 1. The Morgan fingerprint density at radius 2 is 2.32 bits per heavy atom. The molecule has 1 aromatic rings. The maximum absolute atomic E-state index is 11.5. The Hall–Kier alpha value is -1.82. The van der Waals surface area contributed by atoms with Crippen LogP contribution in [-0.2, 0) is 4.79 Å². The number of hydrogen-bond acceptors (Lipinski definition) is 3. The predicted molar refractivity (Wildman–Crippen MR) is 79.7 cm³/mol. The highest BCUT2D eigenvalue weighted by molar-refractivity contribution is 7.80. The Morgan fingerprint density at radius 1 is 1.53 bits per heavy atom. The van der Waals surface area contributed by atoms with Crippen LogP contribution in [0.25, 0.3) is 0 Å². The van der Waals surface area contributed by atoms with Crippen LogP contribution < -0.4 is 20.7 Å². The molecule has 0 radical (unpaired) electrons. The zero-order chi connectivity index (χ0) is 13.8. The van der Waals surface area contributed by atoms with E-state index in [1.54, 1.807) is 13.0 Å². The van der Waals surface area contributed by atoms with Crippen molar-refractivity contribution >= 4 is 34.6 Å². The molecular weight excluding hydrogens is 262 g/mol. The van der Waals surface area contributed by atoms with E-state index in [1.165, 1.54) is 0 Å². The summed E-state index contributed by atoms with van der Waals surface area (Å²) in [6, 6.07) is 5.48. The van der Waals surface area contributed by atoms with E-state index in [2.05, 4.69) is 22.9 Å². The molecule has 1 amide bonds. The molecule has 0 saturated heterocycles. The monoisotopic (exact) mass is 279 g/mol.